The Hall–Kier alpha value is -1.81. The van der Waals surface area contributed by atoms with Gasteiger partial charge >= 0.3 is 0 Å². The zero-order valence-electron chi connectivity index (χ0n) is 9.65. The van der Waals surface area contributed by atoms with E-state index < -0.39 is 0 Å². The average Bonchev–Trinajstić information content (AvgIpc) is 2.30. The summed E-state index contributed by atoms with van der Waals surface area (Å²) in [4.78, 5) is 3.96. The van der Waals surface area contributed by atoms with Crippen LogP contribution in [0.15, 0.2) is 47.0 Å². The minimum Gasteiger partial charge on any atom is -0.388 e. The molecule has 0 radical (unpaired) electrons. The molecule has 0 saturated carbocycles. The van der Waals surface area contributed by atoms with Crippen LogP contribution in [0.3, 0.4) is 0 Å². The van der Waals surface area contributed by atoms with E-state index in [1.54, 1.807) is 19.1 Å². The van der Waals surface area contributed by atoms with Crippen LogP contribution >= 0.6 is 11.6 Å². The highest BCUT2D eigenvalue weighted by molar-refractivity contribution is 6.35. The minimum atomic E-state index is 0.324. The monoisotopic (exact) mass is 250 g/mol. The van der Waals surface area contributed by atoms with Crippen molar-refractivity contribution in [1.29, 1.82) is 0 Å². The van der Waals surface area contributed by atoms with E-state index in [0.717, 1.165) is 5.56 Å². The second-order valence-electron chi connectivity index (χ2n) is 3.30. The maximum Gasteiger partial charge on any atom is 0.125 e. The third-order valence-corrected chi connectivity index (χ3v) is 2.27. The Bertz CT molecular complexity index is 448. The summed E-state index contributed by atoms with van der Waals surface area (Å²) in [6.45, 7) is 5.74. The standard InChI is InChI=1S/C12H15ClN4/c1-3-12(17-16-8-15-9(2)14)10-6-4-5-7-11(10)13/h3-7,16H,1,8H2,2H3,(H2,14,15)/b17-12+. The summed E-state index contributed by atoms with van der Waals surface area (Å²) in [5.41, 5.74) is 9.67. The number of aliphatic imine (C=N–C) groups is 1. The fourth-order valence-electron chi connectivity index (χ4n) is 1.17. The van der Waals surface area contributed by atoms with Crippen molar-refractivity contribution in [3.8, 4) is 0 Å². The molecular formula is C12H15ClN4. The van der Waals surface area contributed by atoms with Gasteiger partial charge in [-0.1, -0.05) is 36.4 Å². The Morgan fingerprint density at radius 2 is 2.24 bits per heavy atom. The minimum absolute atomic E-state index is 0.324. The van der Waals surface area contributed by atoms with Crippen LogP contribution < -0.4 is 11.2 Å². The number of hydrazone groups is 1. The predicted octanol–water partition coefficient (Wildman–Crippen LogP) is 2.15. The van der Waals surface area contributed by atoms with E-state index in [-0.39, 0.29) is 0 Å². The lowest BCUT2D eigenvalue weighted by Gasteiger charge is -2.04. The third-order valence-electron chi connectivity index (χ3n) is 1.94. The number of hydrogen-bond acceptors (Lipinski definition) is 3. The lowest BCUT2D eigenvalue weighted by atomic mass is 10.1. The summed E-state index contributed by atoms with van der Waals surface area (Å²) in [5.74, 6) is 0.505. The van der Waals surface area contributed by atoms with E-state index >= 15 is 0 Å². The number of allylic oxidation sites excluding steroid dienone is 1. The summed E-state index contributed by atoms with van der Waals surface area (Å²) in [7, 11) is 0. The van der Waals surface area contributed by atoms with Crippen LogP contribution in [0.4, 0.5) is 0 Å². The van der Waals surface area contributed by atoms with Crippen molar-refractivity contribution in [1.82, 2.24) is 5.43 Å². The molecule has 0 aromatic heterocycles. The van der Waals surface area contributed by atoms with Gasteiger partial charge in [-0.2, -0.15) is 5.10 Å². The second-order valence-corrected chi connectivity index (χ2v) is 3.70. The maximum atomic E-state index is 6.06. The molecule has 0 atom stereocenters. The summed E-state index contributed by atoms with van der Waals surface area (Å²) in [6.07, 6.45) is 1.63. The van der Waals surface area contributed by atoms with Crippen LogP contribution in [-0.2, 0) is 0 Å². The largest absolute Gasteiger partial charge is 0.388 e. The quantitative estimate of drug-likeness (QED) is 0.364. The lowest BCUT2D eigenvalue weighted by molar-refractivity contribution is 0.762. The zero-order valence-corrected chi connectivity index (χ0v) is 10.4. The third kappa shape index (κ3) is 4.28. The van der Waals surface area contributed by atoms with E-state index in [4.69, 9.17) is 17.3 Å². The van der Waals surface area contributed by atoms with Crippen molar-refractivity contribution in [3.63, 3.8) is 0 Å². The molecule has 17 heavy (non-hydrogen) atoms. The average molecular weight is 251 g/mol. The number of halogens is 1. The highest BCUT2D eigenvalue weighted by atomic mass is 35.5. The summed E-state index contributed by atoms with van der Waals surface area (Å²) in [5, 5.41) is 4.78. The number of amidine groups is 1. The van der Waals surface area contributed by atoms with Crippen LogP contribution in [0.1, 0.15) is 12.5 Å². The Morgan fingerprint density at radius 1 is 1.53 bits per heavy atom. The summed E-state index contributed by atoms with van der Waals surface area (Å²) in [6, 6.07) is 7.44. The molecule has 5 heteroatoms. The molecule has 0 amide bonds. The molecule has 0 aliphatic heterocycles. The summed E-state index contributed by atoms with van der Waals surface area (Å²) >= 11 is 6.06. The van der Waals surface area contributed by atoms with Crippen molar-refractivity contribution >= 4 is 23.1 Å². The molecule has 1 aromatic rings. The first-order valence-corrected chi connectivity index (χ1v) is 5.47. The molecule has 3 N–H and O–H groups in total. The molecule has 0 aliphatic carbocycles. The first-order valence-electron chi connectivity index (χ1n) is 5.09. The van der Waals surface area contributed by atoms with Crippen molar-refractivity contribution < 1.29 is 0 Å². The van der Waals surface area contributed by atoms with Gasteiger partial charge in [-0.05, 0) is 19.1 Å². The van der Waals surface area contributed by atoms with Gasteiger partial charge in [0.25, 0.3) is 0 Å². The van der Waals surface area contributed by atoms with Gasteiger partial charge in [0.15, 0.2) is 0 Å². The Balaban J connectivity index is 2.78. The molecule has 1 aromatic carbocycles. The first-order chi connectivity index (χ1) is 8.15. The molecule has 0 heterocycles. The van der Waals surface area contributed by atoms with Gasteiger partial charge in [-0.3, -0.25) is 10.4 Å². The Kier molecular flexibility index (Phi) is 5.23. The molecule has 0 spiro atoms. The van der Waals surface area contributed by atoms with Crippen molar-refractivity contribution in [2.24, 2.45) is 15.8 Å². The summed E-state index contributed by atoms with van der Waals surface area (Å²) < 4.78 is 0. The van der Waals surface area contributed by atoms with Crippen molar-refractivity contribution in [2.75, 3.05) is 6.67 Å². The van der Waals surface area contributed by atoms with Gasteiger partial charge in [-0.15, -0.1) is 0 Å². The highest BCUT2D eigenvalue weighted by Gasteiger charge is 2.03. The fourth-order valence-corrected chi connectivity index (χ4v) is 1.40. The number of nitrogens with one attached hydrogen (secondary N) is 1. The van der Waals surface area contributed by atoms with Crippen LogP contribution in [0.25, 0.3) is 0 Å². The second kappa shape index (κ2) is 6.70. The fraction of sp³-hybridized carbons (Fsp3) is 0.167. The van der Waals surface area contributed by atoms with Gasteiger partial charge in [0, 0.05) is 5.56 Å². The SMILES string of the molecule is C=C/C(=N\NC/N=C(/C)N)c1ccccc1Cl. The smallest absolute Gasteiger partial charge is 0.125 e. The molecule has 0 bridgehead atoms. The number of nitrogens with zero attached hydrogens (tertiary/aromatic N) is 2. The predicted molar refractivity (Wildman–Crippen MR) is 73.5 cm³/mol. The maximum absolute atomic E-state index is 6.06. The van der Waals surface area contributed by atoms with E-state index in [1.807, 2.05) is 18.2 Å². The molecule has 0 saturated heterocycles. The normalized spacial score (nSPS) is 12.4. The molecule has 0 aliphatic rings. The van der Waals surface area contributed by atoms with Gasteiger partial charge in [0.1, 0.15) is 6.67 Å². The Labute approximate surface area is 106 Å². The number of nitrogens with two attached hydrogens (primary N) is 1. The lowest BCUT2D eigenvalue weighted by Crippen LogP contribution is -2.14. The van der Waals surface area contributed by atoms with Crippen LogP contribution in [0, 0.1) is 0 Å². The molecular weight excluding hydrogens is 236 g/mol. The van der Waals surface area contributed by atoms with Gasteiger partial charge in [-0.25, -0.2) is 0 Å². The topological polar surface area (TPSA) is 62.8 Å². The molecule has 90 valence electrons. The van der Waals surface area contributed by atoms with Crippen LogP contribution in [0.5, 0.6) is 0 Å². The van der Waals surface area contributed by atoms with E-state index in [1.165, 1.54) is 0 Å². The molecule has 0 unspecified atom stereocenters. The molecule has 1 rings (SSSR count). The van der Waals surface area contributed by atoms with Gasteiger partial charge in [0.2, 0.25) is 0 Å². The van der Waals surface area contributed by atoms with Gasteiger partial charge in [0.05, 0.1) is 16.6 Å². The first kappa shape index (κ1) is 13.3. The van der Waals surface area contributed by atoms with E-state index in [2.05, 4.69) is 22.1 Å². The number of rotatable bonds is 5. The highest BCUT2D eigenvalue weighted by Crippen LogP contribution is 2.16. The van der Waals surface area contributed by atoms with Gasteiger partial charge < -0.3 is 5.73 Å². The number of benzene rings is 1. The molecule has 4 nitrogen and oxygen atoms in total. The Morgan fingerprint density at radius 3 is 2.82 bits per heavy atom. The van der Waals surface area contributed by atoms with Crippen molar-refractivity contribution in [2.45, 2.75) is 6.92 Å². The van der Waals surface area contributed by atoms with E-state index in [9.17, 15) is 0 Å². The van der Waals surface area contributed by atoms with Crippen LogP contribution in [-0.4, -0.2) is 18.2 Å². The van der Waals surface area contributed by atoms with Crippen LogP contribution in [0.2, 0.25) is 5.02 Å². The van der Waals surface area contributed by atoms with Crippen molar-refractivity contribution in [3.05, 3.63) is 47.5 Å². The number of hydrogen-bond donors (Lipinski definition) is 2. The molecule has 0 fully saturated rings. The van der Waals surface area contributed by atoms with E-state index in [0.29, 0.717) is 23.2 Å². The zero-order chi connectivity index (χ0) is 12.7.